The number of nitrogens with one attached hydrogen (secondary N) is 1. The number of hydrogen-bond donors (Lipinski definition) is 1. The Hall–Kier alpha value is -0.920. The molecule has 19 heavy (non-hydrogen) atoms. The van der Waals surface area contributed by atoms with Gasteiger partial charge in [0.1, 0.15) is 17.2 Å². The van der Waals surface area contributed by atoms with Crippen molar-refractivity contribution in [1.82, 2.24) is 14.8 Å². The van der Waals surface area contributed by atoms with Gasteiger partial charge in [0, 0.05) is 25.2 Å². The molecule has 0 bridgehead atoms. The zero-order valence-electron chi connectivity index (χ0n) is 11.4. The Morgan fingerprint density at radius 3 is 2.89 bits per heavy atom. The standard InChI is InChI=1S/C12H21N3O3S/c1-3-15(8-11-5-4-6-13-11)19(16,17)9-12-7-10(2)18-14-12/h7,11,13H,3-6,8-9H2,1-2H3. The van der Waals surface area contributed by atoms with E-state index in [2.05, 4.69) is 10.5 Å². The van der Waals surface area contributed by atoms with Crippen molar-refractivity contribution in [1.29, 1.82) is 0 Å². The molecule has 7 heteroatoms. The number of sulfonamides is 1. The molecule has 0 aliphatic carbocycles. The Morgan fingerprint density at radius 2 is 2.37 bits per heavy atom. The van der Waals surface area contributed by atoms with Crippen molar-refractivity contribution in [2.24, 2.45) is 0 Å². The maximum atomic E-state index is 12.3. The summed E-state index contributed by atoms with van der Waals surface area (Å²) in [5.74, 6) is 0.538. The van der Waals surface area contributed by atoms with Crippen molar-refractivity contribution in [2.45, 2.75) is 38.5 Å². The summed E-state index contributed by atoms with van der Waals surface area (Å²) in [6.45, 7) is 5.61. The predicted molar refractivity (Wildman–Crippen MR) is 72.1 cm³/mol. The minimum atomic E-state index is -3.33. The first kappa shape index (κ1) is 14.5. The first-order valence-corrected chi connectivity index (χ1v) is 8.25. The van der Waals surface area contributed by atoms with Gasteiger partial charge in [-0.1, -0.05) is 12.1 Å². The van der Waals surface area contributed by atoms with Crippen LogP contribution in [0.4, 0.5) is 0 Å². The van der Waals surface area contributed by atoms with Gasteiger partial charge in [-0.05, 0) is 26.3 Å². The van der Waals surface area contributed by atoms with Gasteiger partial charge in [-0.2, -0.15) is 0 Å². The van der Waals surface area contributed by atoms with E-state index in [1.807, 2.05) is 6.92 Å². The highest BCUT2D eigenvalue weighted by Crippen LogP contribution is 2.14. The molecule has 1 atom stereocenters. The summed E-state index contributed by atoms with van der Waals surface area (Å²) in [6, 6.07) is 1.94. The molecule has 0 amide bonds. The molecule has 1 saturated heterocycles. The lowest BCUT2D eigenvalue weighted by Crippen LogP contribution is -2.41. The summed E-state index contributed by atoms with van der Waals surface area (Å²) in [6.07, 6.45) is 2.15. The zero-order valence-corrected chi connectivity index (χ0v) is 12.2. The molecule has 1 aromatic heterocycles. The highest BCUT2D eigenvalue weighted by Gasteiger charge is 2.26. The van der Waals surface area contributed by atoms with Crippen LogP contribution < -0.4 is 5.32 Å². The molecule has 1 unspecified atom stereocenters. The number of aromatic nitrogens is 1. The highest BCUT2D eigenvalue weighted by molar-refractivity contribution is 7.88. The van der Waals surface area contributed by atoms with Gasteiger partial charge < -0.3 is 9.84 Å². The highest BCUT2D eigenvalue weighted by atomic mass is 32.2. The molecular formula is C12H21N3O3S. The second kappa shape index (κ2) is 6.02. The molecule has 1 fully saturated rings. The number of likely N-dealkylation sites (N-methyl/N-ethyl adjacent to an activating group) is 1. The first-order valence-electron chi connectivity index (χ1n) is 6.64. The van der Waals surface area contributed by atoms with Crippen LogP contribution in [0.1, 0.15) is 31.2 Å². The van der Waals surface area contributed by atoms with Gasteiger partial charge in [0.05, 0.1) is 0 Å². The molecule has 1 aliphatic rings. The zero-order chi connectivity index (χ0) is 13.9. The molecule has 2 rings (SSSR count). The molecule has 0 spiro atoms. The molecule has 1 N–H and O–H groups in total. The fourth-order valence-corrected chi connectivity index (χ4v) is 3.85. The lowest BCUT2D eigenvalue weighted by atomic mass is 10.2. The molecule has 0 saturated carbocycles. The summed E-state index contributed by atoms with van der Waals surface area (Å²) in [4.78, 5) is 0. The van der Waals surface area contributed by atoms with Crippen molar-refractivity contribution in [3.05, 3.63) is 17.5 Å². The molecule has 1 aliphatic heterocycles. The third-order valence-electron chi connectivity index (χ3n) is 3.34. The minimum absolute atomic E-state index is 0.0924. The van der Waals surface area contributed by atoms with E-state index in [0.29, 0.717) is 24.5 Å². The summed E-state index contributed by atoms with van der Waals surface area (Å²) in [7, 11) is -3.33. The van der Waals surface area contributed by atoms with Crippen LogP contribution in [0.2, 0.25) is 0 Å². The maximum Gasteiger partial charge on any atom is 0.220 e. The predicted octanol–water partition coefficient (Wildman–Crippen LogP) is 0.887. The van der Waals surface area contributed by atoms with Crippen molar-refractivity contribution in [3.8, 4) is 0 Å². The summed E-state index contributed by atoms with van der Waals surface area (Å²) in [5, 5.41) is 7.07. The molecule has 6 nitrogen and oxygen atoms in total. The van der Waals surface area contributed by atoms with Crippen molar-refractivity contribution >= 4 is 10.0 Å². The summed E-state index contributed by atoms with van der Waals surface area (Å²) in [5.41, 5.74) is 0.468. The lowest BCUT2D eigenvalue weighted by molar-refractivity contribution is 0.377. The van der Waals surface area contributed by atoms with Crippen LogP contribution in [0.25, 0.3) is 0 Å². The molecule has 1 aromatic rings. The van der Waals surface area contributed by atoms with Crippen LogP contribution in [0.5, 0.6) is 0 Å². The molecule has 0 aromatic carbocycles. The smallest absolute Gasteiger partial charge is 0.220 e. The fraction of sp³-hybridized carbons (Fsp3) is 0.750. The Bertz CT molecular complexity index is 506. The Balaban J connectivity index is 2.02. The SMILES string of the molecule is CCN(CC1CCCN1)S(=O)(=O)Cc1cc(C)on1. The van der Waals surface area contributed by atoms with E-state index < -0.39 is 10.0 Å². The average Bonchev–Trinajstić information content (AvgIpc) is 2.97. The second-order valence-corrected chi connectivity index (χ2v) is 6.90. The van der Waals surface area contributed by atoms with Crippen LogP contribution in [0.3, 0.4) is 0 Å². The molecule has 108 valence electrons. The number of rotatable bonds is 6. The van der Waals surface area contributed by atoms with Crippen molar-refractivity contribution in [2.75, 3.05) is 19.6 Å². The Morgan fingerprint density at radius 1 is 1.58 bits per heavy atom. The van der Waals surface area contributed by atoms with E-state index in [0.717, 1.165) is 19.4 Å². The van der Waals surface area contributed by atoms with Crippen molar-refractivity contribution < 1.29 is 12.9 Å². The van der Waals surface area contributed by atoms with Gasteiger partial charge in [-0.3, -0.25) is 0 Å². The average molecular weight is 287 g/mol. The van der Waals surface area contributed by atoms with Crippen molar-refractivity contribution in [3.63, 3.8) is 0 Å². The molecule has 2 heterocycles. The molecular weight excluding hydrogens is 266 g/mol. The normalized spacial score (nSPS) is 20.3. The monoisotopic (exact) mass is 287 g/mol. The van der Waals surface area contributed by atoms with Gasteiger partial charge in [0.15, 0.2) is 0 Å². The van der Waals surface area contributed by atoms with E-state index in [4.69, 9.17) is 4.52 Å². The first-order chi connectivity index (χ1) is 9.01. The third-order valence-corrected chi connectivity index (χ3v) is 5.19. The molecule has 0 radical (unpaired) electrons. The fourth-order valence-electron chi connectivity index (χ4n) is 2.36. The summed E-state index contributed by atoms with van der Waals surface area (Å²) < 4.78 is 31.1. The largest absolute Gasteiger partial charge is 0.361 e. The van der Waals surface area contributed by atoms with E-state index in [9.17, 15) is 8.42 Å². The quantitative estimate of drug-likeness (QED) is 0.841. The van der Waals surface area contributed by atoms with E-state index in [-0.39, 0.29) is 11.8 Å². The van der Waals surface area contributed by atoms with Gasteiger partial charge in [-0.15, -0.1) is 0 Å². The summed E-state index contributed by atoms with van der Waals surface area (Å²) >= 11 is 0. The van der Waals surface area contributed by atoms with Gasteiger partial charge in [0.2, 0.25) is 10.0 Å². The van der Waals surface area contributed by atoms with E-state index >= 15 is 0 Å². The van der Waals surface area contributed by atoms with E-state index in [1.54, 1.807) is 13.0 Å². The second-order valence-electron chi connectivity index (χ2n) is 4.93. The number of hydrogen-bond acceptors (Lipinski definition) is 5. The van der Waals surface area contributed by atoms with Crippen LogP contribution in [0.15, 0.2) is 10.6 Å². The van der Waals surface area contributed by atoms with E-state index in [1.165, 1.54) is 4.31 Å². The lowest BCUT2D eigenvalue weighted by Gasteiger charge is -2.23. The van der Waals surface area contributed by atoms with Crippen LogP contribution in [0, 0.1) is 6.92 Å². The maximum absolute atomic E-state index is 12.3. The van der Waals surface area contributed by atoms with Gasteiger partial charge in [-0.25, -0.2) is 12.7 Å². The van der Waals surface area contributed by atoms with Crippen LogP contribution in [-0.2, 0) is 15.8 Å². The number of aryl methyl sites for hydroxylation is 1. The Kier molecular flexibility index (Phi) is 4.59. The topological polar surface area (TPSA) is 75.4 Å². The van der Waals surface area contributed by atoms with Crippen LogP contribution in [-0.4, -0.2) is 43.6 Å². The van der Waals surface area contributed by atoms with Gasteiger partial charge in [0.25, 0.3) is 0 Å². The minimum Gasteiger partial charge on any atom is -0.361 e. The number of nitrogens with zero attached hydrogens (tertiary/aromatic N) is 2. The van der Waals surface area contributed by atoms with Gasteiger partial charge >= 0.3 is 0 Å². The third kappa shape index (κ3) is 3.77. The Labute approximate surface area is 114 Å². The van der Waals surface area contributed by atoms with Crippen LogP contribution >= 0.6 is 0 Å².